The van der Waals surface area contributed by atoms with Gasteiger partial charge in [-0.2, -0.15) is 0 Å². The van der Waals surface area contributed by atoms with E-state index in [0.717, 1.165) is 12.8 Å². The van der Waals surface area contributed by atoms with Gasteiger partial charge in [0, 0.05) is 4.99 Å². The zero-order valence-electron chi connectivity index (χ0n) is 6.83. The zero-order chi connectivity index (χ0) is 8.65. The summed E-state index contributed by atoms with van der Waals surface area (Å²) in [6.45, 7) is 0. The van der Waals surface area contributed by atoms with E-state index in [4.69, 9.17) is 0 Å². The average Bonchev–Trinajstić information content (AvgIpc) is 2.14. The molecule has 0 aliphatic rings. The van der Waals surface area contributed by atoms with E-state index in [1.807, 2.05) is 12.1 Å². The number of allylic oxidation sites excluding steroid dienone is 1. The summed E-state index contributed by atoms with van der Waals surface area (Å²) in [4.78, 5) is 1.75. The fourth-order valence-electron chi connectivity index (χ4n) is 1.01. The van der Waals surface area contributed by atoms with Crippen LogP contribution in [0.25, 0.3) is 0 Å². The maximum absolute atomic E-state index is 3.17. The van der Waals surface area contributed by atoms with Crippen molar-refractivity contribution in [3.8, 4) is 0 Å². The summed E-state index contributed by atoms with van der Waals surface area (Å²) in [5.41, 5.74) is 4.36. The van der Waals surface area contributed by atoms with Gasteiger partial charge in [0.15, 0.2) is 0 Å². The molecular formula is C11H11Br. The Morgan fingerprint density at radius 2 is 2.00 bits per heavy atom. The lowest BCUT2D eigenvalue weighted by molar-refractivity contribution is 1.00. The Kier molecular flexibility index (Phi) is 4.51. The quantitative estimate of drug-likeness (QED) is 0.685. The second-order valence-electron chi connectivity index (χ2n) is 2.50. The van der Waals surface area contributed by atoms with E-state index >= 15 is 0 Å². The highest BCUT2D eigenvalue weighted by Gasteiger charge is 1.86. The van der Waals surface area contributed by atoms with Crippen molar-refractivity contribution >= 4 is 15.9 Å². The van der Waals surface area contributed by atoms with Crippen LogP contribution in [0.5, 0.6) is 0 Å². The molecule has 1 aromatic rings. The highest BCUT2D eigenvalue weighted by molar-refractivity contribution is 9.11. The summed E-state index contributed by atoms with van der Waals surface area (Å²) in [7, 11) is 0. The molecule has 0 amide bonds. The van der Waals surface area contributed by atoms with Gasteiger partial charge in [0.05, 0.1) is 0 Å². The Morgan fingerprint density at radius 1 is 1.25 bits per heavy atom. The minimum Gasteiger partial charge on any atom is -0.118 e. The van der Waals surface area contributed by atoms with E-state index in [1.165, 1.54) is 5.56 Å². The van der Waals surface area contributed by atoms with Crippen LogP contribution in [-0.4, -0.2) is 0 Å². The maximum Gasteiger partial charge on any atom is 0.0228 e. The minimum atomic E-state index is 1.05. The number of hydrogen-bond acceptors (Lipinski definition) is 0. The molecule has 0 unspecified atom stereocenters. The van der Waals surface area contributed by atoms with E-state index in [0.29, 0.717) is 0 Å². The Labute approximate surface area is 81.7 Å². The Morgan fingerprint density at radius 3 is 2.67 bits per heavy atom. The lowest BCUT2D eigenvalue weighted by Gasteiger charge is -1.94. The minimum absolute atomic E-state index is 1.05. The predicted molar refractivity (Wildman–Crippen MR) is 56.3 cm³/mol. The molecule has 1 rings (SSSR count). The van der Waals surface area contributed by atoms with Gasteiger partial charge in [0.25, 0.3) is 0 Å². The van der Waals surface area contributed by atoms with Crippen molar-refractivity contribution in [3.05, 3.63) is 52.7 Å². The van der Waals surface area contributed by atoms with Crippen LogP contribution < -0.4 is 0 Å². The van der Waals surface area contributed by atoms with Crippen molar-refractivity contribution in [1.29, 1.82) is 0 Å². The standard InChI is InChI=1S/C11H11Br/c12-10-6-2-5-9-11-7-3-1-4-8-11/h1-4,7-8,10H,5,9H2. The summed E-state index contributed by atoms with van der Waals surface area (Å²) in [6.07, 6.45) is 4.17. The molecule has 1 aromatic carbocycles. The number of benzene rings is 1. The van der Waals surface area contributed by atoms with E-state index in [9.17, 15) is 0 Å². The van der Waals surface area contributed by atoms with Gasteiger partial charge in [-0.25, -0.2) is 0 Å². The van der Waals surface area contributed by atoms with Crippen LogP contribution in [0.4, 0.5) is 0 Å². The van der Waals surface area contributed by atoms with Crippen LogP contribution in [0.1, 0.15) is 12.0 Å². The lowest BCUT2D eigenvalue weighted by Crippen LogP contribution is -1.80. The number of rotatable bonds is 3. The van der Waals surface area contributed by atoms with Gasteiger partial charge >= 0.3 is 0 Å². The topological polar surface area (TPSA) is 0 Å². The van der Waals surface area contributed by atoms with Gasteiger partial charge in [0.1, 0.15) is 0 Å². The van der Waals surface area contributed by atoms with Crippen molar-refractivity contribution in [2.75, 3.05) is 0 Å². The van der Waals surface area contributed by atoms with Gasteiger partial charge in [-0.15, -0.1) is 5.73 Å². The van der Waals surface area contributed by atoms with Crippen LogP contribution in [0, 0.1) is 0 Å². The number of hydrogen-bond donors (Lipinski definition) is 0. The first kappa shape index (κ1) is 9.31. The molecule has 1 heteroatoms. The van der Waals surface area contributed by atoms with Gasteiger partial charge in [-0.3, -0.25) is 0 Å². The Balaban J connectivity index is 2.39. The molecule has 0 aliphatic heterocycles. The third kappa shape index (κ3) is 3.56. The summed E-state index contributed by atoms with van der Waals surface area (Å²) in [6, 6.07) is 10.5. The molecule has 0 saturated heterocycles. The third-order valence-corrected chi connectivity index (χ3v) is 1.87. The van der Waals surface area contributed by atoms with E-state index in [2.05, 4.69) is 45.9 Å². The normalized spacial score (nSPS) is 8.75. The molecule has 0 aromatic heterocycles. The molecular weight excluding hydrogens is 212 g/mol. The number of aryl methyl sites for hydroxylation is 1. The molecule has 0 saturated carbocycles. The van der Waals surface area contributed by atoms with Crippen LogP contribution in [0.2, 0.25) is 0 Å². The first-order valence-corrected chi connectivity index (χ1v) is 4.88. The molecule has 0 fully saturated rings. The monoisotopic (exact) mass is 222 g/mol. The summed E-state index contributed by atoms with van der Waals surface area (Å²) in [5.74, 6) is 0. The molecule has 0 N–H and O–H groups in total. The summed E-state index contributed by atoms with van der Waals surface area (Å²) in [5, 5.41) is 0. The highest BCUT2D eigenvalue weighted by Crippen LogP contribution is 2.02. The van der Waals surface area contributed by atoms with Gasteiger partial charge in [-0.1, -0.05) is 46.3 Å². The molecule has 0 radical (unpaired) electrons. The fraction of sp³-hybridized carbons (Fsp3) is 0.182. The van der Waals surface area contributed by atoms with Crippen LogP contribution in [0.3, 0.4) is 0 Å². The highest BCUT2D eigenvalue weighted by atomic mass is 79.9. The van der Waals surface area contributed by atoms with E-state index < -0.39 is 0 Å². The van der Waals surface area contributed by atoms with Gasteiger partial charge in [-0.05, 0) is 24.5 Å². The Bertz CT molecular complexity index is 268. The van der Waals surface area contributed by atoms with Crippen LogP contribution in [-0.2, 0) is 6.42 Å². The van der Waals surface area contributed by atoms with Crippen molar-refractivity contribution < 1.29 is 0 Å². The second-order valence-corrected chi connectivity index (χ2v) is 2.96. The van der Waals surface area contributed by atoms with Crippen LogP contribution in [0.15, 0.2) is 47.1 Å². The van der Waals surface area contributed by atoms with Gasteiger partial charge in [0.2, 0.25) is 0 Å². The summed E-state index contributed by atoms with van der Waals surface area (Å²) >= 11 is 3.17. The molecule has 0 aliphatic carbocycles. The third-order valence-electron chi connectivity index (χ3n) is 1.60. The molecule has 0 atom stereocenters. The van der Waals surface area contributed by atoms with Crippen LogP contribution >= 0.6 is 15.9 Å². The average molecular weight is 223 g/mol. The molecule has 0 heterocycles. The van der Waals surface area contributed by atoms with E-state index in [-0.39, 0.29) is 0 Å². The largest absolute Gasteiger partial charge is 0.118 e. The predicted octanol–water partition coefficient (Wildman–Crippen LogP) is 3.68. The first-order valence-electron chi connectivity index (χ1n) is 3.97. The molecule has 62 valence electrons. The number of halogens is 1. The molecule has 0 spiro atoms. The lowest BCUT2D eigenvalue weighted by atomic mass is 10.1. The molecule has 0 nitrogen and oxygen atoms in total. The zero-order valence-corrected chi connectivity index (χ0v) is 8.42. The Hall–Kier alpha value is -0.780. The molecule has 12 heavy (non-hydrogen) atoms. The summed E-state index contributed by atoms with van der Waals surface area (Å²) < 4.78 is 0. The van der Waals surface area contributed by atoms with Crippen molar-refractivity contribution in [1.82, 2.24) is 0 Å². The second kappa shape index (κ2) is 5.82. The molecule has 0 bridgehead atoms. The van der Waals surface area contributed by atoms with Crippen molar-refractivity contribution in [2.45, 2.75) is 12.8 Å². The van der Waals surface area contributed by atoms with E-state index in [1.54, 1.807) is 4.99 Å². The first-order chi connectivity index (χ1) is 5.93. The van der Waals surface area contributed by atoms with Crippen molar-refractivity contribution in [3.63, 3.8) is 0 Å². The van der Waals surface area contributed by atoms with Gasteiger partial charge < -0.3 is 0 Å². The smallest absolute Gasteiger partial charge is 0.0228 e. The fourth-order valence-corrected chi connectivity index (χ4v) is 1.20. The maximum atomic E-state index is 3.17. The van der Waals surface area contributed by atoms with Crippen molar-refractivity contribution in [2.24, 2.45) is 0 Å². The SMILES string of the molecule is BrC=C=CCCc1ccccc1.